The molecule has 0 aliphatic carbocycles. The third-order valence-electron chi connectivity index (χ3n) is 3.53. The molecule has 0 aromatic heterocycles. The van der Waals surface area contributed by atoms with Gasteiger partial charge in [-0.2, -0.15) is 0 Å². The second kappa shape index (κ2) is 6.65. The molecule has 1 saturated heterocycles. The highest BCUT2D eigenvalue weighted by molar-refractivity contribution is 9.10. The molecule has 1 aliphatic rings. The molecule has 0 saturated carbocycles. The highest BCUT2D eigenvalue weighted by Gasteiger charge is 2.34. The van der Waals surface area contributed by atoms with E-state index in [1.165, 1.54) is 6.07 Å². The molecule has 2 rings (SSSR count). The first-order valence-corrected chi connectivity index (χ1v) is 7.33. The zero-order valence-electron chi connectivity index (χ0n) is 11.3. The number of carbonyl (C=O) groups is 1. The number of amides is 1. The van der Waals surface area contributed by atoms with Crippen LogP contribution >= 0.6 is 15.9 Å². The van der Waals surface area contributed by atoms with Crippen molar-refractivity contribution in [2.75, 3.05) is 26.8 Å². The first-order valence-electron chi connectivity index (χ1n) is 6.54. The van der Waals surface area contributed by atoms with E-state index in [-0.39, 0.29) is 11.1 Å². The number of benzene rings is 1. The molecule has 0 spiro atoms. The Bertz CT molecular complexity index is 470. The van der Waals surface area contributed by atoms with Gasteiger partial charge in [-0.15, -0.1) is 0 Å². The third kappa shape index (κ3) is 3.37. The summed E-state index contributed by atoms with van der Waals surface area (Å²) < 4.78 is 19.4. The van der Waals surface area contributed by atoms with Crippen molar-refractivity contribution in [1.29, 1.82) is 0 Å². The molecule has 1 fully saturated rings. The molecule has 1 aromatic carbocycles. The highest BCUT2D eigenvalue weighted by atomic mass is 79.9. The summed E-state index contributed by atoms with van der Waals surface area (Å²) in [6.07, 6.45) is 1.97. The van der Waals surface area contributed by atoms with Gasteiger partial charge in [0.2, 0.25) is 0 Å². The fourth-order valence-electron chi connectivity index (χ4n) is 2.52. The van der Waals surface area contributed by atoms with Gasteiger partial charge in [-0.05, 0) is 47.4 Å². The molecular weight excluding hydrogens is 327 g/mol. The number of methoxy groups -OCH3 is 1. The molecule has 1 heterocycles. The molecule has 1 aromatic rings. The van der Waals surface area contributed by atoms with Crippen molar-refractivity contribution in [3.05, 3.63) is 34.1 Å². The molecule has 1 amide bonds. The lowest BCUT2D eigenvalue weighted by Gasteiger charge is -2.29. The summed E-state index contributed by atoms with van der Waals surface area (Å²) in [5.74, 6) is -0.948. The molecule has 1 aliphatic heterocycles. The zero-order valence-corrected chi connectivity index (χ0v) is 12.9. The molecule has 1 atom stereocenters. The fraction of sp³-hybridized carbons (Fsp3) is 0.500. The Labute approximate surface area is 126 Å². The Hall–Kier alpha value is -0.980. The number of hydrogen-bond acceptors (Lipinski definition) is 3. The van der Waals surface area contributed by atoms with Crippen molar-refractivity contribution in [3.63, 3.8) is 0 Å². The van der Waals surface area contributed by atoms with Gasteiger partial charge < -0.3 is 15.4 Å². The van der Waals surface area contributed by atoms with Crippen LogP contribution in [0.5, 0.6) is 0 Å². The maximum absolute atomic E-state index is 13.7. The van der Waals surface area contributed by atoms with Gasteiger partial charge in [-0.25, -0.2) is 4.39 Å². The largest absolute Gasteiger partial charge is 0.383 e. The maximum atomic E-state index is 13.7. The van der Waals surface area contributed by atoms with Crippen LogP contribution in [0.1, 0.15) is 23.2 Å². The molecule has 20 heavy (non-hydrogen) atoms. The minimum Gasteiger partial charge on any atom is -0.383 e. The zero-order chi connectivity index (χ0) is 14.6. The van der Waals surface area contributed by atoms with Crippen LogP contribution in [-0.2, 0) is 4.74 Å². The van der Waals surface area contributed by atoms with Crippen LogP contribution in [0.4, 0.5) is 4.39 Å². The summed E-state index contributed by atoms with van der Waals surface area (Å²) in [5, 5.41) is 6.16. The number of ether oxygens (including phenoxy) is 1. The van der Waals surface area contributed by atoms with E-state index in [0.29, 0.717) is 17.6 Å². The van der Waals surface area contributed by atoms with E-state index >= 15 is 0 Å². The highest BCUT2D eigenvalue weighted by Crippen LogP contribution is 2.21. The van der Waals surface area contributed by atoms with E-state index < -0.39 is 11.7 Å². The molecule has 110 valence electrons. The van der Waals surface area contributed by atoms with Crippen LogP contribution in [0, 0.1) is 5.82 Å². The summed E-state index contributed by atoms with van der Waals surface area (Å²) in [6, 6.07) is 4.48. The summed E-state index contributed by atoms with van der Waals surface area (Å²) in [7, 11) is 1.64. The minimum atomic E-state index is -0.531. The van der Waals surface area contributed by atoms with E-state index in [1.54, 1.807) is 19.2 Å². The number of carbonyl (C=O) groups excluding carboxylic acids is 1. The maximum Gasteiger partial charge on any atom is 0.255 e. The standard InChI is InChI=1S/C14H18BrFN2O2/c1-20-9-14(6-3-7-18-14)8-17-13(19)12-10(15)4-2-5-11(12)16/h2,4-5,18H,3,6-9H2,1H3,(H,17,19). The number of nitrogens with one attached hydrogen (secondary N) is 2. The van der Waals surface area contributed by atoms with Crippen molar-refractivity contribution in [3.8, 4) is 0 Å². The molecule has 0 radical (unpaired) electrons. The van der Waals surface area contributed by atoms with Crippen molar-refractivity contribution in [2.24, 2.45) is 0 Å². The quantitative estimate of drug-likeness (QED) is 0.859. The molecular formula is C14H18BrFN2O2. The van der Waals surface area contributed by atoms with Crippen molar-refractivity contribution < 1.29 is 13.9 Å². The Kier molecular flexibility index (Phi) is 5.12. The Morgan fingerprint density at radius 1 is 1.60 bits per heavy atom. The van der Waals surface area contributed by atoms with Crippen LogP contribution in [0.3, 0.4) is 0 Å². The molecule has 1 unspecified atom stereocenters. The first kappa shape index (κ1) is 15.4. The topological polar surface area (TPSA) is 50.4 Å². The normalized spacial score (nSPS) is 21.9. The average Bonchev–Trinajstić information content (AvgIpc) is 2.86. The monoisotopic (exact) mass is 344 g/mol. The SMILES string of the molecule is COCC1(CNC(=O)c2c(F)cccc2Br)CCCN1. The number of hydrogen-bond donors (Lipinski definition) is 2. The van der Waals surface area contributed by atoms with Crippen molar-refractivity contribution in [2.45, 2.75) is 18.4 Å². The molecule has 2 N–H and O–H groups in total. The van der Waals surface area contributed by atoms with E-state index in [1.807, 2.05) is 0 Å². The van der Waals surface area contributed by atoms with Crippen LogP contribution in [0.15, 0.2) is 22.7 Å². The van der Waals surface area contributed by atoms with Gasteiger partial charge in [0.1, 0.15) is 5.82 Å². The van der Waals surface area contributed by atoms with Gasteiger partial charge in [-0.1, -0.05) is 6.07 Å². The lowest BCUT2D eigenvalue weighted by Crippen LogP contribution is -2.53. The summed E-state index contributed by atoms with van der Waals surface area (Å²) in [4.78, 5) is 12.1. The number of halogens is 2. The smallest absolute Gasteiger partial charge is 0.255 e. The van der Waals surface area contributed by atoms with E-state index in [9.17, 15) is 9.18 Å². The number of rotatable bonds is 5. The lowest BCUT2D eigenvalue weighted by atomic mass is 9.98. The summed E-state index contributed by atoms with van der Waals surface area (Å²) in [6.45, 7) is 1.84. The second-order valence-corrected chi connectivity index (χ2v) is 5.88. The van der Waals surface area contributed by atoms with Gasteiger partial charge in [0.25, 0.3) is 5.91 Å². The second-order valence-electron chi connectivity index (χ2n) is 5.02. The van der Waals surface area contributed by atoms with Crippen LogP contribution in [0.25, 0.3) is 0 Å². The van der Waals surface area contributed by atoms with E-state index in [2.05, 4.69) is 26.6 Å². The Balaban J connectivity index is 2.04. The Morgan fingerprint density at radius 3 is 3.00 bits per heavy atom. The molecule has 4 nitrogen and oxygen atoms in total. The van der Waals surface area contributed by atoms with Crippen molar-refractivity contribution in [1.82, 2.24) is 10.6 Å². The third-order valence-corrected chi connectivity index (χ3v) is 4.19. The average molecular weight is 345 g/mol. The predicted molar refractivity (Wildman–Crippen MR) is 78.3 cm³/mol. The predicted octanol–water partition coefficient (Wildman–Crippen LogP) is 2.09. The summed E-state index contributed by atoms with van der Waals surface area (Å²) in [5.41, 5.74) is -0.208. The first-order chi connectivity index (χ1) is 9.58. The molecule has 0 bridgehead atoms. The summed E-state index contributed by atoms with van der Waals surface area (Å²) >= 11 is 3.20. The van der Waals surface area contributed by atoms with Crippen molar-refractivity contribution >= 4 is 21.8 Å². The van der Waals surface area contributed by atoms with Gasteiger partial charge in [0.15, 0.2) is 0 Å². The van der Waals surface area contributed by atoms with Gasteiger partial charge in [0, 0.05) is 18.1 Å². The molecule has 6 heteroatoms. The lowest BCUT2D eigenvalue weighted by molar-refractivity contribution is 0.0888. The van der Waals surface area contributed by atoms with Crippen LogP contribution in [0.2, 0.25) is 0 Å². The fourth-order valence-corrected chi connectivity index (χ4v) is 3.04. The Morgan fingerprint density at radius 2 is 2.40 bits per heavy atom. The van der Waals surface area contributed by atoms with Gasteiger partial charge in [0.05, 0.1) is 17.7 Å². The minimum absolute atomic E-state index is 0.0399. The van der Waals surface area contributed by atoms with Crippen LogP contribution < -0.4 is 10.6 Å². The van der Waals surface area contributed by atoms with E-state index in [4.69, 9.17) is 4.74 Å². The van der Waals surface area contributed by atoms with Crippen LogP contribution in [-0.4, -0.2) is 38.3 Å². The van der Waals surface area contributed by atoms with E-state index in [0.717, 1.165) is 19.4 Å². The van der Waals surface area contributed by atoms with Gasteiger partial charge in [-0.3, -0.25) is 4.79 Å². The van der Waals surface area contributed by atoms with Gasteiger partial charge >= 0.3 is 0 Å².